The van der Waals surface area contributed by atoms with Crippen molar-refractivity contribution in [2.75, 3.05) is 11.4 Å². The first-order valence-corrected chi connectivity index (χ1v) is 7.72. The highest BCUT2D eigenvalue weighted by atomic mass is 32.2. The van der Waals surface area contributed by atoms with Crippen molar-refractivity contribution in [3.8, 4) is 6.07 Å². The third-order valence-electron chi connectivity index (χ3n) is 3.34. The molecule has 20 heavy (non-hydrogen) atoms. The third kappa shape index (κ3) is 1.77. The van der Waals surface area contributed by atoms with E-state index in [9.17, 15) is 8.42 Å². The van der Waals surface area contributed by atoms with E-state index < -0.39 is 9.84 Å². The van der Waals surface area contributed by atoms with Crippen molar-refractivity contribution in [3.63, 3.8) is 0 Å². The lowest BCUT2D eigenvalue weighted by Gasteiger charge is -2.32. The quantitative estimate of drug-likeness (QED) is 0.850. The molecule has 0 saturated heterocycles. The van der Waals surface area contributed by atoms with E-state index in [0.29, 0.717) is 34.1 Å². The molecule has 4 nitrogen and oxygen atoms in total. The molecule has 3 rings (SSSR count). The third-order valence-corrected chi connectivity index (χ3v) is 5.19. The molecule has 0 unspecified atom stereocenters. The van der Waals surface area contributed by atoms with Crippen molar-refractivity contribution >= 4 is 21.2 Å². The van der Waals surface area contributed by atoms with Crippen LogP contribution in [0.1, 0.15) is 6.42 Å². The molecule has 5 heteroatoms. The Bertz CT molecular complexity index is 753. The second kappa shape index (κ2) is 4.66. The molecule has 2 aromatic carbocycles. The molecule has 0 bridgehead atoms. The van der Waals surface area contributed by atoms with E-state index >= 15 is 0 Å². The van der Waals surface area contributed by atoms with Gasteiger partial charge in [-0.1, -0.05) is 24.3 Å². The Morgan fingerprint density at radius 1 is 0.950 bits per heavy atom. The van der Waals surface area contributed by atoms with Crippen molar-refractivity contribution in [1.29, 1.82) is 5.26 Å². The molecule has 0 radical (unpaired) electrons. The minimum atomic E-state index is -3.48. The number of benzene rings is 2. The van der Waals surface area contributed by atoms with Crippen LogP contribution in [0.4, 0.5) is 11.4 Å². The summed E-state index contributed by atoms with van der Waals surface area (Å²) < 4.78 is 25.2. The largest absolute Gasteiger partial charge is 0.338 e. The highest BCUT2D eigenvalue weighted by Gasteiger charge is 2.33. The maximum atomic E-state index is 12.6. The van der Waals surface area contributed by atoms with Crippen molar-refractivity contribution in [2.24, 2.45) is 0 Å². The summed E-state index contributed by atoms with van der Waals surface area (Å²) in [5, 5.41) is 8.80. The summed E-state index contributed by atoms with van der Waals surface area (Å²) in [7, 11) is -3.48. The summed E-state index contributed by atoms with van der Waals surface area (Å²) >= 11 is 0. The summed E-state index contributed by atoms with van der Waals surface area (Å²) in [6, 6.07) is 15.9. The van der Waals surface area contributed by atoms with Gasteiger partial charge < -0.3 is 4.90 Å². The highest BCUT2D eigenvalue weighted by Crippen LogP contribution is 2.43. The zero-order valence-electron chi connectivity index (χ0n) is 10.7. The van der Waals surface area contributed by atoms with Crippen LogP contribution in [0.25, 0.3) is 0 Å². The van der Waals surface area contributed by atoms with Crippen molar-refractivity contribution < 1.29 is 8.42 Å². The van der Waals surface area contributed by atoms with Crippen LogP contribution in [0.2, 0.25) is 0 Å². The minimum Gasteiger partial charge on any atom is -0.338 e. The van der Waals surface area contributed by atoms with Crippen LogP contribution in [0, 0.1) is 11.3 Å². The fourth-order valence-electron chi connectivity index (χ4n) is 2.47. The van der Waals surface area contributed by atoms with E-state index in [1.54, 1.807) is 36.4 Å². The predicted octanol–water partition coefficient (Wildman–Crippen LogP) is 2.88. The van der Waals surface area contributed by atoms with Gasteiger partial charge in [0.25, 0.3) is 0 Å². The lowest BCUT2D eigenvalue weighted by Crippen LogP contribution is -2.26. The second-order valence-corrected chi connectivity index (χ2v) is 6.39. The molecule has 0 spiro atoms. The van der Waals surface area contributed by atoms with Crippen molar-refractivity contribution in [2.45, 2.75) is 16.2 Å². The molecule has 1 aliphatic heterocycles. The lowest BCUT2D eigenvalue weighted by molar-refractivity contribution is 0.594. The maximum Gasteiger partial charge on any atom is 0.210 e. The number of hydrogen-bond acceptors (Lipinski definition) is 4. The van der Waals surface area contributed by atoms with E-state index in [0.717, 1.165) is 0 Å². The van der Waals surface area contributed by atoms with Crippen LogP contribution in [0.15, 0.2) is 58.3 Å². The standard InChI is InChI=1S/C15H12N2O2S/c16-10-5-11-17-12-6-1-3-8-14(12)20(18,19)15-9-4-2-7-13(15)17/h1-4,6-9H,5,11H2. The normalized spacial score (nSPS) is 15.1. The lowest BCUT2D eigenvalue weighted by atomic mass is 10.2. The zero-order valence-corrected chi connectivity index (χ0v) is 11.5. The first kappa shape index (κ1) is 12.7. The van der Waals surface area contributed by atoms with Gasteiger partial charge in [0.05, 0.1) is 33.7 Å². The Hall–Kier alpha value is -2.32. The van der Waals surface area contributed by atoms with Gasteiger partial charge in [0, 0.05) is 6.54 Å². The second-order valence-electron chi connectivity index (χ2n) is 4.50. The summed E-state index contributed by atoms with van der Waals surface area (Å²) in [6.07, 6.45) is 0.336. The number of para-hydroxylation sites is 2. The number of fused-ring (bicyclic) bond motifs is 2. The smallest absolute Gasteiger partial charge is 0.210 e. The Balaban J connectivity index is 2.28. The van der Waals surface area contributed by atoms with Gasteiger partial charge in [0.1, 0.15) is 0 Å². The number of sulfone groups is 1. The predicted molar refractivity (Wildman–Crippen MR) is 75.6 cm³/mol. The van der Waals surface area contributed by atoms with Crippen LogP contribution >= 0.6 is 0 Å². The van der Waals surface area contributed by atoms with Crippen LogP contribution in [0.3, 0.4) is 0 Å². The van der Waals surface area contributed by atoms with Gasteiger partial charge in [-0.2, -0.15) is 5.26 Å². The van der Waals surface area contributed by atoms with Crippen LogP contribution in [-0.2, 0) is 9.84 Å². The zero-order chi connectivity index (χ0) is 14.2. The highest BCUT2D eigenvalue weighted by molar-refractivity contribution is 7.92. The molecular weight excluding hydrogens is 272 g/mol. The van der Waals surface area contributed by atoms with Gasteiger partial charge in [-0.3, -0.25) is 0 Å². The molecule has 0 fully saturated rings. The van der Waals surface area contributed by atoms with Gasteiger partial charge in [-0.15, -0.1) is 0 Å². The Morgan fingerprint density at radius 2 is 1.45 bits per heavy atom. The summed E-state index contributed by atoms with van der Waals surface area (Å²) in [6.45, 7) is 0.472. The van der Waals surface area contributed by atoms with Crippen molar-refractivity contribution in [1.82, 2.24) is 0 Å². The van der Waals surface area contributed by atoms with E-state index in [4.69, 9.17) is 5.26 Å². The first-order chi connectivity index (χ1) is 9.66. The number of hydrogen-bond donors (Lipinski definition) is 0. The van der Waals surface area contributed by atoms with Crippen molar-refractivity contribution in [3.05, 3.63) is 48.5 Å². The molecule has 100 valence electrons. The average Bonchev–Trinajstić information content (AvgIpc) is 2.48. The number of nitrogens with zero attached hydrogens (tertiary/aromatic N) is 2. The molecule has 1 heterocycles. The van der Waals surface area contributed by atoms with E-state index in [1.165, 1.54) is 0 Å². The molecule has 0 aliphatic carbocycles. The summed E-state index contributed by atoms with van der Waals surface area (Å²) in [4.78, 5) is 2.50. The van der Waals surface area contributed by atoms with Gasteiger partial charge >= 0.3 is 0 Å². The van der Waals surface area contributed by atoms with E-state index in [1.807, 2.05) is 17.0 Å². The Labute approximate surface area is 117 Å². The molecule has 0 saturated carbocycles. The number of nitriles is 1. The molecule has 1 aliphatic rings. The average molecular weight is 284 g/mol. The number of anilines is 2. The van der Waals surface area contributed by atoms with Gasteiger partial charge in [-0.05, 0) is 24.3 Å². The van der Waals surface area contributed by atoms with Gasteiger partial charge in [0.2, 0.25) is 9.84 Å². The van der Waals surface area contributed by atoms with Crippen LogP contribution in [0.5, 0.6) is 0 Å². The minimum absolute atomic E-state index is 0.302. The SMILES string of the molecule is N#CCCN1c2ccccc2S(=O)(=O)c2ccccc21. The van der Waals surface area contributed by atoms with Crippen LogP contribution < -0.4 is 4.90 Å². The molecule has 0 aromatic heterocycles. The topological polar surface area (TPSA) is 61.2 Å². The Morgan fingerprint density at radius 3 is 1.95 bits per heavy atom. The summed E-state index contributed by atoms with van der Waals surface area (Å²) in [5.41, 5.74) is 1.28. The molecule has 0 amide bonds. The van der Waals surface area contributed by atoms with Gasteiger partial charge in [0.15, 0.2) is 0 Å². The van der Waals surface area contributed by atoms with E-state index in [-0.39, 0.29) is 0 Å². The molecule has 0 N–H and O–H groups in total. The Kier molecular flexibility index (Phi) is 2.96. The summed E-state index contributed by atoms with van der Waals surface area (Å²) in [5.74, 6) is 0. The fourth-order valence-corrected chi connectivity index (χ4v) is 4.13. The fraction of sp³-hybridized carbons (Fsp3) is 0.133. The molecule has 0 atom stereocenters. The molecule has 2 aromatic rings. The van der Waals surface area contributed by atoms with Gasteiger partial charge in [-0.25, -0.2) is 8.42 Å². The maximum absolute atomic E-state index is 12.6. The number of rotatable bonds is 2. The van der Waals surface area contributed by atoms with E-state index in [2.05, 4.69) is 6.07 Å². The first-order valence-electron chi connectivity index (χ1n) is 6.24. The monoisotopic (exact) mass is 284 g/mol. The van der Waals surface area contributed by atoms with Crippen LogP contribution in [-0.4, -0.2) is 15.0 Å². The molecular formula is C15H12N2O2S.